The number of aryl methyl sites for hydroxylation is 1. The van der Waals surface area contributed by atoms with Crippen molar-refractivity contribution in [3.63, 3.8) is 0 Å². The minimum Gasteiger partial charge on any atom is -0.339 e. The molecular weight excluding hydrogens is 406 g/mol. The van der Waals surface area contributed by atoms with Gasteiger partial charge in [0.25, 0.3) is 0 Å². The minimum atomic E-state index is 0.453. The van der Waals surface area contributed by atoms with Gasteiger partial charge < -0.3 is 4.52 Å². The summed E-state index contributed by atoms with van der Waals surface area (Å²) < 4.78 is 7.42. The van der Waals surface area contributed by atoms with E-state index in [1.807, 2.05) is 30.3 Å². The molecule has 0 spiro atoms. The van der Waals surface area contributed by atoms with Crippen molar-refractivity contribution >= 4 is 23.4 Å². The van der Waals surface area contributed by atoms with Crippen LogP contribution >= 0.6 is 23.4 Å². The number of hydrogen-bond donors (Lipinski definition) is 0. The van der Waals surface area contributed by atoms with Gasteiger partial charge in [-0.3, -0.25) is 4.57 Å². The lowest BCUT2D eigenvalue weighted by Crippen LogP contribution is -2.00. The summed E-state index contributed by atoms with van der Waals surface area (Å²) in [4.78, 5) is 4.51. The molecule has 0 aliphatic heterocycles. The maximum absolute atomic E-state index is 6.06. The Labute approximate surface area is 177 Å². The summed E-state index contributed by atoms with van der Waals surface area (Å²) in [6.45, 7) is 2.07. The lowest BCUT2D eigenvalue weighted by Gasteiger charge is -2.11. The van der Waals surface area contributed by atoms with Crippen molar-refractivity contribution in [2.45, 2.75) is 36.6 Å². The van der Waals surface area contributed by atoms with E-state index in [-0.39, 0.29) is 0 Å². The fourth-order valence-corrected chi connectivity index (χ4v) is 4.02. The van der Waals surface area contributed by atoms with Gasteiger partial charge in [-0.25, -0.2) is 0 Å². The van der Waals surface area contributed by atoms with Crippen LogP contribution in [0.3, 0.4) is 0 Å². The minimum absolute atomic E-state index is 0.453. The largest absolute Gasteiger partial charge is 0.339 e. The van der Waals surface area contributed by atoms with Gasteiger partial charge in [-0.1, -0.05) is 40.7 Å². The second-order valence-corrected chi connectivity index (χ2v) is 8.48. The van der Waals surface area contributed by atoms with Crippen LogP contribution in [0.4, 0.5) is 0 Å². The molecule has 0 N–H and O–H groups in total. The average molecular weight is 424 g/mol. The molecule has 0 radical (unpaired) electrons. The van der Waals surface area contributed by atoms with Gasteiger partial charge in [0.15, 0.2) is 16.8 Å². The molecule has 5 rings (SSSR count). The molecule has 0 atom stereocenters. The first-order chi connectivity index (χ1) is 14.2. The summed E-state index contributed by atoms with van der Waals surface area (Å²) in [5.74, 6) is 3.22. The van der Waals surface area contributed by atoms with Crippen molar-refractivity contribution in [2.24, 2.45) is 0 Å². The number of benzene rings is 2. The van der Waals surface area contributed by atoms with E-state index in [9.17, 15) is 0 Å². The second-order valence-electron chi connectivity index (χ2n) is 7.10. The van der Waals surface area contributed by atoms with Crippen LogP contribution in [0.2, 0.25) is 5.02 Å². The first-order valence-electron chi connectivity index (χ1n) is 9.41. The second kappa shape index (κ2) is 7.65. The third-order valence-corrected chi connectivity index (χ3v) is 5.91. The van der Waals surface area contributed by atoms with Gasteiger partial charge in [0.1, 0.15) is 0 Å². The molecular formula is C21H18ClN5OS. The summed E-state index contributed by atoms with van der Waals surface area (Å²) in [5, 5.41) is 14.5. The van der Waals surface area contributed by atoms with E-state index in [2.05, 4.69) is 50.0 Å². The number of thioether (sulfide) groups is 1. The summed E-state index contributed by atoms with van der Waals surface area (Å²) in [6, 6.07) is 15.9. The topological polar surface area (TPSA) is 69.6 Å². The molecule has 2 aromatic heterocycles. The van der Waals surface area contributed by atoms with E-state index in [1.54, 1.807) is 11.8 Å². The Morgan fingerprint density at radius 2 is 1.97 bits per heavy atom. The highest BCUT2D eigenvalue weighted by Gasteiger charge is 2.29. The van der Waals surface area contributed by atoms with Crippen LogP contribution in [0.15, 0.2) is 58.2 Å². The van der Waals surface area contributed by atoms with Gasteiger partial charge in [0.2, 0.25) is 5.89 Å². The van der Waals surface area contributed by atoms with E-state index in [1.165, 1.54) is 5.56 Å². The van der Waals surface area contributed by atoms with Crippen LogP contribution in [0.1, 0.15) is 36.0 Å². The smallest absolute Gasteiger partial charge is 0.229 e. The van der Waals surface area contributed by atoms with Gasteiger partial charge in [0.05, 0.1) is 5.75 Å². The number of hydrogen-bond acceptors (Lipinski definition) is 6. The molecule has 0 unspecified atom stereocenters. The van der Waals surface area contributed by atoms with Crippen molar-refractivity contribution in [3.8, 4) is 17.1 Å². The molecule has 1 fully saturated rings. The maximum atomic E-state index is 6.06. The predicted molar refractivity (Wildman–Crippen MR) is 112 cm³/mol. The zero-order chi connectivity index (χ0) is 19.8. The third kappa shape index (κ3) is 3.93. The monoisotopic (exact) mass is 423 g/mol. The molecule has 1 aliphatic carbocycles. The number of halogens is 1. The molecule has 146 valence electrons. The summed E-state index contributed by atoms with van der Waals surface area (Å²) in [5.41, 5.74) is 3.13. The first kappa shape index (κ1) is 18.4. The highest BCUT2D eigenvalue weighted by atomic mass is 35.5. The Kier molecular flexibility index (Phi) is 4.85. The van der Waals surface area contributed by atoms with Gasteiger partial charge in [-0.2, -0.15) is 4.98 Å². The Hall–Kier alpha value is -2.64. The van der Waals surface area contributed by atoms with E-state index in [0.29, 0.717) is 22.5 Å². The van der Waals surface area contributed by atoms with Crippen LogP contribution in [0, 0.1) is 6.92 Å². The molecule has 0 amide bonds. The van der Waals surface area contributed by atoms with Crippen molar-refractivity contribution < 1.29 is 4.52 Å². The van der Waals surface area contributed by atoms with Gasteiger partial charge >= 0.3 is 0 Å². The lowest BCUT2D eigenvalue weighted by molar-refractivity contribution is 0.375. The van der Waals surface area contributed by atoms with Crippen LogP contribution < -0.4 is 0 Å². The molecule has 6 nitrogen and oxygen atoms in total. The molecule has 29 heavy (non-hydrogen) atoms. The molecule has 0 bridgehead atoms. The molecule has 1 aliphatic rings. The van der Waals surface area contributed by atoms with Crippen molar-refractivity contribution in [3.05, 3.63) is 70.8 Å². The quantitative estimate of drug-likeness (QED) is 0.384. The van der Waals surface area contributed by atoms with E-state index in [0.717, 1.165) is 41.0 Å². The number of rotatable bonds is 6. The van der Waals surface area contributed by atoms with Crippen molar-refractivity contribution in [1.82, 2.24) is 24.9 Å². The van der Waals surface area contributed by atoms with E-state index < -0.39 is 0 Å². The van der Waals surface area contributed by atoms with Crippen LogP contribution in [0.25, 0.3) is 17.1 Å². The third-order valence-electron chi connectivity index (χ3n) is 4.74. The average Bonchev–Trinajstić information content (AvgIpc) is 3.31. The molecule has 2 aromatic carbocycles. The zero-order valence-corrected chi connectivity index (χ0v) is 17.3. The highest BCUT2D eigenvalue weighted by Crippen LogP contribution is 2.39. The normalized spacial score (nSPS) is 13.7. The number of aromatic nitrogens is 5. The molecule has 4 aromatic rings. The van der Waals surface area contributed by atoms with Crippen molar-refractivity contribution in [2.75, 3.05) is 0 Å². The SMILES string of the molecule is Cc1cccc(-n2c(SCc3noc(C4CC4)n3)nnc2-c2ccc(Cl)cc2)c1. The fraction of sp³-hybridized carbons (Fsp3) is 0.238. The summed E-state index contributed by atoms with van der Waals surface area (Å²) in [7, 11) is 0. The molecule has 8 heteroatoms. The highest BCUT2D eigenvalue weighted by molar-refractivity contribution is 7.98. The molecule has 0 saturated heterocycles. The Morgan fingerprint density at radius 1 is 1.14 bits per heavy atom. The van der Waals surface area contributed by atoms with Crippen molar-refractivity contribution in [1.29, 1.82) is 0 Å². The van der Waals surface area contributed by atoms with E-state index >= 15 is 0 Å². The lowest BCUT2D eigenvalue weighted by atomic mass is 10.2. The van der Waals surface area contributed by atoms with Gasteiger partial charge in [0, 0.05) is 22.2 Å². The summed E-state index contributed by atoms with van der Waals surface area (Å²) in [6.07, 6.45) is 2.28. The van der Waals surface area contributed by atoms with Crippen LogP contribution in [0.5, 0.6) is 0 Å². The maximum Gasteiger partial charge on any atom is 0.229 e. The Balaban J connectivity index is 1.49. The fourth-order valence-electron chi connectivity index (χ4n) is 3.10. The molecule has 1 saturated carbocycles. The Morgan fingerprint density at radius 3 is 2.72 bits per heavy atom. The first-order valence-corrected chi connectivity index (χ1v) is 10.8. The predicted octanol–water partition coefficient (Wildman–Crippen LogP) is 5.45. The number of nitrogens with zero attached hydrogens (tertiary/aromatic N) is 5. The van der Waals surface area contributed by atoms with Crippen LogP contribution in [-0.2, 0) is 5.75 Å². The summed E-state index contributed by atoms with van der Waals surface area (Å²) >= 11 is 7.60. The van der Waals surface area contributed by atoms with Gasteiger partial charge in [-0.15, -0.1) is 10.2 Å². The zero-order valence-electron chi connectivity index (χ0n) is 15.7. The van der Waals surface area contributed by atoms with E-state index in [4.69, 9.17) is 16.1 Å². The standard InChI is InChI=1S/C21H18ClN5OS/c1-13-3-2-4-17(11-13)27-19(14-7-9-16(22)10-8-14)24-25-21(27)29-12-18-23-20(28-26-18)15-5-6-15/h2-4,7-11,15H,5-6,12H2,1H3. The van der Waals surface area contributed by atoms with Crippen LogP contribution in [-0.4, -0.2) is 24.9 Å². The molecule has 2 heterocycles. The Bertz CT molecular complexity index is 1150. The van der Waals surface area contributed by atoms with Gasteiger partial charge in [-0.05, 0) is 61.7 Å².